The zero-order valence-corrected chi connectivity index (χ0v) is 10.1. The Morgan fingerprint density at radius 1 is 1.71 bits per heavy atom. The van der Waals surface area contributed by atoms with Gasteiger partial charge in [-0.3, -0.25) is 4.79 Å². The first-order valence-electron chi connectivity index (χ1n) is 5.44. The second kappa shape index (κ2) is 6.97. The van der Waals surface area contributed by atoms with Crippen LogP contribution in [0.4, 0.5) is 0 Å². The summed E-state index contributed by atoms with van der Waals surface area (Å²) in [5, 5.41) is 19.1. The molecule has 0 spiro atoms. The Balaban J connectivity index is 2.39. The first-order valence-corrected chi connectivity index (χ1v) is 5.44. The van der Waals surface area contributed by atoms with Gasteiger partial charge in [-0.25, -0.2) is 4.68 Å². The van der Waals surface area contributed by atoms with E-state index in [9.17, 15) is 4.79 Å². The van der Waals surface area contributed by atoms with Gasteiger partial charge in [0.05, 0.1) is 12.3 Å². The Labute approximate surface area is 99.8 Å². The third kappa shape index (κ3) is 4.92. The number of aliphatic hydroxyl groups excluding tert-OH is 1. The van der Waals surface area contributed by atoms with Gasteiger partial charge in [-0.2, -0.15) is 0 Å². The van der Waals surface area contributed by atoms with Gasteiger partial charge in [-0.05, 0) is 6.92 Å². The molecule has 0 radical (unpaired) electrons. The minimum Gasteiger partial charge on any atom is -0.396 e. The van der Waals surface area contributed by atoms with Crippen molar-refractivity contribution in [1.29, 1.82) is 0 Å². The maximum Gasteiger partial charge on any atom is 0.242 e. The molecule has 0 aliphatic carbocycles. The molecular formula is C10H18N4O3. The van der Waals surface area contributed by atoms with Gasteiger partial charge in [0.25, 0.3) is 0 Å². The first kappa shape index (κ1) is 13.6. The summed E-state index contributed by atoms with van der Waals surface area (Å²) in [5.74, 6) is -0.144. The largest absolute Gasteiger partial charge is 0.396 e. The summed E-state index contributed by atoms with van der Waals surface area (Å²) in [6.07, 6.45) is 2.10. The average Bonchev–Trinajstić information content (AvgIpc) is 2.66. The molecule has 1 amide bonds. The number of nitrogens with one attached hydrogen (secondary N) is 1. The van der Waals surface area contributed by atoms with Gasteiger partial charge < -0.3 is 15.2 Å². The topological polar surface area (TPSA) is 89.3 Å². The Bertz CT molecular complexity index is 353. The van der Waals surface area contributed by atoms with Gasteiger partial charge in [-0.1, -0.05) is 5.21 Å². The lowest BCUT2D eigenvalue weighted by Crippen LogP contribution is -2.37. The van der Waals surface area contributed by atoms with E-state index >= 15 is 0 Å². The van der Waals surface area contributed by atoms with Crippen LogP contribution in [-0.4, -0.2) is 52.4 Å². The van der Waals surface area contributed by atoms with Crippen LogP contribution < -0.4 is 5.32 Å². The predicted molar refractivity (Wildman–Crippen MR) is 60.3 cm³/mol. The van der Waals surface area contributed by atoms with Crippen LogP contribution in [-0.2, 0) is 22.5 Å². The number of ether oxygens (including phenoxy) is 1. The van der Waals surface area contributed by atoms with Crippen LogP contribution in [0.1, 0.15) is 12.6 Å². The summed E-state index contributed by atoms with van der Waals surface area (Å²) in [4.78, 5) is 11.6. The number of hydrogen-bond donors (Lipinski definition) is 2. The Hall–Kier alpha value is -1.47. The Morgan fingerprint density at radius 3 is 3.12 bits per heavy atom. The van der Waals surface area contributed by atoms with Crippen LogP contribution >= 0.6 is 0 Å². The molecule has 0 saturated carbocycles. The van der Waals surface area contributed by atoms with Gasteiger partial charge in [-0.15, -0.1) is 5.10 Å². The Morgan fingerprint density at radius 2 is 2.47 bits per heavy atom. The molecule has 1 rings (SSSR count). The van der Waals surface area contributed by atoms with E-state index < -0.39 is 0 Å². The van der Waals surface area contributed by atoms with E-state index in [1.54, 1.807) is 13.3 Å². The van der Waals surface area contributed by atoms with Crippen LogP contribution in [0.15, 0.2) is 6.20 Å². The zero-order chi connectivity index (χ0) is 12.7. The zero-order valence-electron chi connectivity index (χ0n) is 10.1. The molecular weight excluding hydrogens is 224 g/mol. The lowest BCUT2D eigenvalue weighted by molar-refractivity contribution is -0.122. The van der Waals surface area contributed by atoms with Crippen molar-refractivity contribution in [1.82, 2.24) is 20.3 Å². The minimum atomic E-state index is -0.144. The summed E-state index contributed by atoms with van der Waals surface area (Å²) in [6.45, 7) is 2.47. The lowest BCUT2D eigenvalue weighted by atomic mass is 10.3. The normalized spacial score (nSPS) is 12.4. The fourth-order valence-electron chi connectivity index (χ4n) is 1.40. The van der Waals surface area contributed by atoms with Crippen LogP contribution in [0.25, 0.3) is 0 Å². The SMILES string of the molecule is COCC(C)NC(=O)Cn1cc(CCO)nn1. The summed E-state index contributed by atoms with van der Waals surface area (Å²) >= 11 is 0. The number of rotatable bonds is 7. The molecule has 1 aromatic heterocycles. The highest BCUT2D eigenvalue weighted by atomic mass is 16.5. The molecule has 1 heterocycles. The maximum absolute atomic E-state index is 11.6. The molecule has 7 heteroatoms. The van der Waals surface area contributed by atoms with Crippen molar-refractivity contribution in [2.45, 2.75) is 25.9 Å². The van der Waals surface area contributed by atoms with E-state index in [0.29, 0.717) is 18.7 Å². The van der Waals surface area contributed by atoms with Gasteiger partial charge >= 0.3 is 0 Å². The maximum atomic E-state index is 11.6. The van der Waals surface area contributed by atoms with Gasteiger partial charge in [0.1, 0.15) is 6.54 Å². The third-order valence-electron chi connectivity index (χ3n) is 2.08. The fourth-order valence-corrected chi connectivity index (χ4v) is 1.40. The summed E-state index contributed by atoms with van der Waals surface area (Å²) in [7, 11) is 1.58. The highest BCUT2D eigenvalue weighted by Crippen LogP contribution is 1.94. The van der Waals surface area contributed by atoms with Gasteiger partial charge in [0.15, 0.2) is 0 Å². The minimum absolute atomic E-state index is 0.0236. The summed E-state index contributed by atoms with van der Waals surface area (Å²) in [6, 6.07) is -0.0343. The summed E-state index contributed by atoms with van der Waals surface area (Å²) < 4.78 is 6.36. The number of aliphatic hydroxyl groups is 1. The monoisotopic (exact) mass is 242 g/mol. The molecule has 1 atom stereocenters. The summed E-state index contributed by atoms with van der Waals surface area (Å²) in [5.41, 5.74) is 0.672. The standard InChI is InChI=1S/C10H18N4O3/c1-8(7-17-2)11-10(16)6-14-5-9(3-4-15)12-13-14/h5,8,15H,3-4,6-7H2,1-2H3,(H,11,16). The number of hydrogen-bond acceptors (Lipinski definition) is 5. The second-order valence-electron chi connectivity index (χ2n) is 3.80. The van der Waals surface area contributed by atoms with Crippen LogP contribution in [0.2, 0.25) is 0 Å². The quantitative estimate of drug-likeness (QED) is 0.638. The van der Waals surface area contributed by atoms with Gasteiger partial charge in [0.2, 0.25) is 5.91 Å². The molecule has 1 unspecified atom stereocenters. The van der Waals surface area contributed by atoms with Crippen molar-refractivity contribution in [3.63, 3.8) is 0 Å². The molecule has 17 heavy (non-hydrogen) atoms. The van der Waals surface area contributed by atoms with Crippen molar-refractivity contribution in [3.8, 4) is 0 Å². The predicted octanol–water partition coefficient (Wildman–Crippen LogP) is -1.04. The van der Waals surface area contributed by atoms with Crippen LogP contribution in [0.3, 0.4) is 0 Å². The molecule has 0 bridgehead atoms. The molecule has 7 nitrogen and oxygen atoms in total. The Kier molecular flexibility index (Phi) is 5.58. The number of carbonyl (C=O) groups excluding carboxylic acids is 1. The van der Waals surface area contributed by atoms with Crippen molar-refractivity contribution >= 4 is 5.91 Å². The highest BCUT2D eigenvalue weighted by molar-refractivity contribution is 5.75. The molecule has 1 aromatic rings. The van der Waals surface area contributed by atoms with Crippen molar-refractivity contribution < 1.29 is 14.6 Å². The molecule has 0 aliphatic heterocycles. The van der Waals surface area contributed by atoms with E-state index in [-0.39, 0.29) is 25.1 Å². The number of amides is 1. The highest BCUT2D eigenvalue weighted by Gasteiger charge is 2.09. The van der Waals surface area contributed by atoms with Gasteiger partial charge in [0, 0.05) is 32.4 Å². The van der Waals surface area contributed by atoms with E-state index in [1.165, 1.54) is 4.68 Å². The average molecular weight is 242 g/mol. The van der Waals surface area contributed by atoms with Crippen molar-refractivity contribution in [2.24, 2.45) is 0 Å². The molecule has 96 valence electrons. The molecule has 0 aromatic carbocycles. The first-order chi connectivity index (χ1) is 8.15. The van der Waals surface area contributed by atoms with E-state index in [0.717, 1.165) is 0 Å². The van der Waals surface area contributed by atoms with E-state index in [4.69, 9.17) is 9.84 Å². The molecule has 0 aliphatic rings. The smallest absolute Gasteiger partial charge is 0.242 e. The molecule has 0 fully saturated rings. The number of carbonyl (C=O) groups is 1. The molecule has 0 saturated heterocycles. The van der Waals surface area contributed by atoms with E-state index in [2.05, 4.69) is 15.6 Å². The third-order valence-corrected chi connectivity index (χ3v) is 2.08. The fraction of sp³-hybridized carbons (Fsp3) is 0.700. The number of aromatic nitrogens is 3. The van der Waals surface area contributed by atoms with Crippen molar-refractivity contribution in [3.05, 3.63) is 11.9 Å². The van der Waals surface area contributed by atoms with Crippen LogP contribution in [0.5, 0.6) is 0 Å². The second-order valence-corrected chi connectivity index (χ2v) is 3.80. The number of methoxy groups -OCH3 is 1. The van der Waals surface area contributed by atoms with E-state index in [1.807, 2.05) is 6.92 Å². The number of nitrogens with zero attached hydrogens (tertiary/aromatic N) is 3. The van der Waals surface area contributed by atoms with Crippen LogP contribution in [0, 0.1) is 0 Å². The lowest BCUT2D eigenvalue weighted by Gasteiger charge is -2.12. The van der Waals surface area contributed by atoms with Crippen molar-refractivity contribution in [2.75, 3.05) is 20.3 Å². The molecule has 2 N–H and O–H groups in total.